The first-order valence-electron chi connectivity index (χ1n) is 26.5. The van der Waals surface area contributed by atoms with Crippen LogP contribution < -0.4 is 68.9 Å². The first-order chi connectivity index (χ1) is 43.1. The smallest absolute Gasteiger partial charge is 0.870 e. The molecule has 6 aliphatic rings. The standard InChI is InChI=1S/C31H36O4S16.C20H26O4S8.CH3F.CH2I2.Cs.2H2O/c1-5-34-20(32)11-13-40-28-30(50-24(48-28)8-7-22-44-18(15-36)19(16-37)45-22)42-17-43-31-29(41-14-12-21(33)35-6-2)49-25(51-31)10-9-23-46-26(38-3)27(39-4)47-23;1-3-23-15(21)7-9-27-19-20(28-10-8-16(22)24-4-2)32-18(31-19)6-5-17-29-13(11-25)14(12-26)30-17;1-2;2-1-3;;;/h7-10,36-37H,5-6,11-17H2,1-4H3;5-6,25-26H,3-4,7-12H2,1-2H3;1H3;1H2;;2*1H2/q;;;;+1;;/p-1/i;;1D;;;;. The normalized spacial score (nSPS) is 17.0. The Morgan fingerprint density at radius 1 is 0.429 bits per heavy atom. The van der Waals surface area contributed by atoms with Gasteiger partial charge in [-0.15, -0.1) is 94.1 Å². The molecular weight excluding hydrogens is 1970 g/mol. The summed E-state index contributed by atoms with van der Waals surface area (Å²) in [7, 11) is -1.00. The van der Waals surface area contributed by atoms with Crippen LogP contribution in [0.2, 0.25) is 0 Å². The first kappa shape index (κ1) is 95.5. The van der Waals surface area contributed by atoms with Gasteiger partial charge >= 0.3 is 92.8 Å². The molecule has 0 amide bonds. The second-order valence-corrected chi connectivity index (χ2v) is 46.0. The number of carbonyl (C=O) groups is 4. The Labute approximate surface area is 733 Å². The molecule has 91 heavy (non-hydrogen) atoms. The SMILES string of the molecule is CCOC(=O)CCSC1=C(SCCC(=O)OCC)SC(=CC=C2SC(CS)=C(CS)S2)S1.CCOC(=O)CCSC1=C(SCSC2=C(SCCC(=O)OCC)SC(=CC=C3SC(SC)=C(SC)S3)S2)SC(=CC=C2SC(CS)=C(CS)S2)S1.ICI.O.[2H]CF.[Cs+].[OH-]. The zero-order chi connectivity index (χ0) is 65.3. The van der Waals surface area contributed by atoms with Crippen LogP contribution >= 0.6 is 331 Å². The third-order valence-electron chi connectivity index (χ3n) is 9.50. The van der Waals surface area contributed by atoms with Gasteiger partial charge in [0.15, 0.2) is 0 Å². The maximum atomic E-state index is 12.1. The fraction of sp³-hybridized carbons (Fsp3) is 0.472. The number of alkyl halides is 3. The molecule has 0 fully saturated rings. The van der Waals surface area contributed by atoms with Crippen molar-refractivity contribution in [3.05, 3.63) is 115 Å². The quantitative estimate of drug-likeness (QED) is 0.0122. The summed E-state index contributed by atoms with van der Waals surface area (Å²) in [6.07, 6.45) is 19.0. The third kappa shape index (κ3) is 39.6. The summed E-state index contributed by atoms with van der Waals surface area (Å²) >= 11 is 58.0. The van der Waals surface area contributed by atoms with Gasteiger partial charge in [0.2, 0.25) is 0 Å². The molecule has 0 spiro atoms. The number of ether oxygens (including phenoxy) is 4. The zero-order valence-electron chi connectivity index (χ0n) is 51.2. The molecule has 6 aliphatic heterocycles. The Balaban J connectivity index is 0.00000174. The van der Waals surface area contributed by atoms with Crippen LogP contribution in [-0.2, 0) is 38.1 Å². The Morgan fingerprint density at radius 3 is 0.802 bits per heavy atom. The van der Waals surface area contributed by atoms with E-state index in [4.69, 9.17) is 20.3 Å². The van der Waals surface area contributed by atoms with E-state index in [1.807, 2.05) is 122 Å². The van der Waals surface area contributed by atoms with Gasteiger partial charge in [-0.1, -0.05) is 186 Å². The van der Waals surface area contributed by atoms with Crippen LogP contribution in [0.15, 0.2) is 115 Å². The van der Waals surface area contributed by atoms with Crippen molar-refractivity contribution in [2.75, 3.05) is 99.6 Å². The summed E-state index contributed by atoms with van der Waals surface area (Å²) in [6.45, 7) is 8.94. The van der Waals surface area contributed by atoms with Crippen molar-refractivity contribution < 1.29 is 124 Å². The van der Waals surface area contributed by atoms with Crippen molar-refractivity contribution >= 4 is 355 Å². The molecule has 0 aromatic heterocycles. The van der Waals surface area contributed by atoms with E-state index in [1.165, 1.54) is 81.4 Å². The molecule has 38 heteroatoms. The number of carbonyl (C=O) groups excluding carboxylic acids is 4. The van der Waals surface area contributed by atoms with E-state index in [9.17, 15) is 23.6 Å². The Morgan fingerprint density at radius 2 is 0.615 bits per heavy atom. The van der Waals surface area contributed by atoms with Crippen LogP contribution in [0.5, 0.6) is 0 Å². The molecule has 0 aromatic carbocycles. The summed E-state index contributed by atoms with van der Waals surface area (Å²) < 4.78 is 54.6. The number of hydrogen-bond acceptors (Lipinski definition) is 33. The summed E-state index contributed by atoms with van der Waals surface area (Å²) in [6, 6.07) is 0. The number of allylic oxidation sites excluding steroid dienone is 6. The molecule has 10 nitrogen and oxygen atoms in total. The second-order valence-electron chi connectivity index (χ2n) is 15.3. The van der Waals surface area contributed by atoms with E-state index in [1.54, 1.807) is 141 Å². The number of esters is 4. The van der Waals surface area contributed by atoms with Gasteiger partial charge in [0, 0.05) is 79.2 Å². The molecule has 6 rings (SSSR count). The van der Waals surface area contributed by atoms with Crippen molar-refractivity contribution in [1.29, 1.82) is 0 Å². The van der Waals surface area contributed by atoms with Gasteiger partial charge in [-0.25, -0.2) is 0 Å². The molecular formula is C53H70CsFI2O10S24. The minimum absolute atomic E-state index is 0. The van der Waals surface area contributed by atoms with Crippen LogP contribution in [0.25, 0.3) is 0 Å². The van der Waals surface area contributed by atoms with E-state index < -0.39 is 7.15 Å². The molecule has 0 aromatic rings. The zero-order valence-corrected chi connectivity index (χ0v) is 80.7. The topological polar surface area (TPSA) is 167 Å². The molecule has 0 saturated heterocycles. The Kier molecular flexibility index (Phi) is 63.7. The van der Waals surface area contributed by atoms with E-state index in [0.717, 1.165) is 28.1 Å². The average molecular weight is 2040 g/mol. The maximum absolute atomic E-state index is 12.1. The number of thioether (sulfide) groups is 20. The van der Waals surface area contributed by atoms with Crippen LogP contribution in [0, 0.1) is 0 Å². The van der Waals surface area contributed by atoms with Crippen molar-refractivity contribution in [1.82, 2.24) is 0 Å². The predicted octanol–water partition coefficient (Wildman–Crippen LogP) is 19.8. The molecule has 0 saturated carbocycles. The molecule has 6 heterocycles. The molecule has 3 N–H and O–H groups in total. The Bertz CT molecular complexity index is 2560. The van der Waals surface area contributed by atoms with Crippen molar-refractivity contribution in [2.45, 2.75) is 53.4 Å². The van der Waals surface area contributed by atoms with Gasteiger partial charge in [-0.05, 0) is 76.7 Å². The fourth-order valence-electron chi connectivity index (χ4n) is 5.96. The van der Waals surface area contributed by atoms with E-state index in [0.29, 0.717) is 75.1 Å². The summed E-state index contributed by atoms with van der Waals surface area (Å²) in [4.78, 5) is 52.5. The van der Waals surface area contributed by atoms with Crippen LogP contribution in [0.3, 0.4) is 0 Å². The molecule has 0 bridgehead atoms. The predicted molar refractivity (Wildman–Crippen MR) is 465 cm³/mol. The van der Waals surface area contributed by atoms with Gasteiger partial charge in [0.1, 0.15) is 0 Å². The van der Waals surface area contributed by atoms with E-state index in [2.05, 4.69) is 145 Å². The van der Waals surface area contributed by atoms with Crippen molar-refractivity contribution in [2.24, 2.45) is 0 Å². The van der Waals surface area contributed by atoms with Gasteiger partial charge in [0.05, 0.1) is 114 Å². The van der Waals surface area contributed by atoms with Crippen molar-refractivity contribution in [3.8, 4) is 0 Å². The van der Waals surface area contributed by atoms with Gasteiger partial charge in [-0.3, -0.25) is 23.6 Å². The van der Waals surface area contributed by atoms with E-state index in [-0.39, 0.29) is 104 Å². The Hall–Kier alpha value is 6.52. The van der Waals surface area contributed by atoms with E-state index >= 15 is 0 Å². The van der Waals surface area contributed by atoms with Crippen LogP contribution in [-0.4, -0.2) is 134 Å². The maximum Gasteiger partial charge on any atom is 1.00 e. The number of thiol groups is 4. The largest absolute Gasteiger partial charge is 1.00 e. The number of rotatable bonds is 33. The molecule has 0 radical (unpaired) electrons. The fourth-order valence-corrected chi connectivity index (χ4v) is 34.8. The van der Waals surface area contributed by atoms with Crippen LogP contribution in [0.1, 0.15) is 54.7 Å². The monoisotopic (exact) mass is 2040 g/mol. The number of halogens is 3. The van der Waals surface area contributed by atoms with Crippen LogP contribution in [0.4, 0.5) is 4.39 Å². The molecule has 0 atom stereocenters. The average Bonchev–Trinajstić information content (AvgIpc) is 2.36. The second kappa shape index (κ2) is 60.6. The summed E-state index contributed by atoms with van der Waals surface area (Å²) in [5.74, 6) is 5.00. The van der Waals surface area contributed by atoms with Gasteiger partial charge in [0.25, 0.3) is 0 Å². The minimum Gasteiger partial charge on any atom is -0.870 e. The molecule has 0 aliphatic carbocycles. The van der Waals surface area contributed by atoms with Crippen molar-refractivity contribution in [3.63, 3.8) is 0 Å². The number of hydrogen-bond donors (Lipinski definition) is 4. The summed E-state index contributed by atoms with van der Waals surface area (Å²) in [5, 5.41) is 0.856. The molecule has 508 valence electrons. The minimum atomic E-state index is -1.00. The molecule has 0 unspecified atom stereocenters. The van der Waals surface area contributed by atoms with Gasteiger partial charge < -0.3 is 29.9 Å². The van der Waals surface area contributed by atoms with Gasteiger partial charge in [-0.2, -0.15) is 50.5 Å². The first-order valence-corrected chi connectivity index (χ1v) is 49.6. The third-order valence-corrected chi connectivity index (χ3v) is 38.3. The summed E-state index contributed by atoms with van der Waals surface area (Å²) in [5.41, 5.74) is 0.